The monoisotopic (exact) mass is 211 g/mol. The van der Waals surface area contributed by atoms with Gasteiger partial charge in [-0.15, -0.1) is 10.2 Å². The summed E-state index contributed by atoms with van der Waals surface area (Å²) < 4.78 is 5.56. The molecule has 0 atom stereocenters. The lowest BCUT2D eigenvalue weighted by Crippen LogP contribution is -2.35. The molecule has 0 aliphatic heterocycles. The van der Waals surface area contributed by atoms with Crippen LogP contribution in [0.3, 0.4) is 0 Å². The van der Waals surface area contributed by atoms with Gasteiger partial charge >= 0.3 is 0 Å². The number of nitrogens with one attached hydrogen (secondary N) is 1. The minimum absolute atomic E-state index is 0.0658. The van der Waals surface area contributed by atoms with Crippen LogP contribution in [-0.4, -0.2) is 15.7 Å². The first kappa shape index (κ1) is 12.2. The minimum Gasteiger partial charge on any atom is -0.423 e. The van der Waals surface area contributed by atoms with E-state index in [1.165, 1.54) is 0 Å². The van der Waals surface area contributed by atoms with Crippen LogP contribution in [0.1, 0.15) is 53.3 Å². The maximum Gasteiger partial charge on any atom is 0.230 e. The Labute approximate surface area is 91.5 Å². The van der Waals surface area contributed by atoms with Crippen molar-refractivity contribution in [2.24, 2.45) is 0 Å². The molecule has 0 saturated heterocycles. The van der Waals surface area contributed by atoms with Gasteiger partial charge in [0.05, 0.1) is 6.54 Å². The highest BCUT2D eigenvalue weighted by Gasteiger charge is 2.21. The van der Waals surface area contributed by atoms with Crippen LogP contribution in [0.15, 0.2) is 4.42 Å². The maximum atomic E-state index is 5.56. The fourth-order valence-electron chi connectivity index (χ4n) is 0.969. The van der Waals surface area contributed by atoms with Crippen LogP contribution in [0.2, 0.25) is 0 Å². The topological polar surface area (TPSA) is 51.0 Å². The third-order valence-electron chi connectivity index (χ3n) is 1.88. The molecular weight excluding hydrogens is 190 g/mol. The summed E-state index contributed by atoms with van der Waals surface area (Å²) in [6.45, 7) is 13.1. The average Bonchev–Trinajstić information content (AvgIpc) is 2.45. The van der Waals surface area contributed by atoms with E-state index < -0.39 is 0 Å². The van der Waals surface area contributed by atoms with E-state index in [-0.39, 0.29) is 11.0 Å². The SMILES string of the molecule is CC(C)(C)NCc1nnc(C(C)(C)C)o1. The summed E-state index contributed by atoms with van der Waals surface area (Å²) >= 11 is 0. The largest absolute Gasteiger partial charge is 0.423 e. The van der Waals surface area contributed by atoms with Crippen LogP contribution in [0.5, 0.6) is 0 Å². The lowest BCUT2D eigenvalue weighted by atomic mass is 9.97. The van der Waals surface area contributed by atoms with Crippen molar-refractivity contribution in [1.82, 2.24) is 15.5 Å². The average molecular weight is 211 g/mol. The summed E-state index contributed by atoms with van der Waals surface area (Å²) in [6, 6.07) is 0. The molecule has 1 aromatic heterocycles. The van der Waals surface area contributed by atoms with Crippen molar-refractivity contribution in [3.63, 3.8) is 0 Å². The van der Waals surface area contributed by atoms with Crippen molar-refractivity contribution in [3.05, 3.63) is 11.8 Å². The summed E-state index contributed by atoms with van der Waals surface area (Å²) in [4.78, 5) is 0. The van der Waals surface area contributed by atoms with Gasteiger partial charge in [0, 0.05) is 11.0 Å². The van der Waals surface area contributed by atoms with Crippen molar-refractivity contribution in [2.45, 2.75) is 59.0 Å². The Bertz CT molecular complexity index is 317. The van der Waals surface area contributed by atoms with Gasteiger partial charge < -0.3 is 9.73 Å². The number of rotatable bonds is 2. The van der Waals surface area contributed by atoms with Gasteiger partial charge in [-0.25, -0.2) is 0 Å². The Morgan fingerprint density at radius 1 is 1.07 bits per heavy atom. The smallest absolute Gasteiger partial charge is 0.230 e. The molecule has 0 aliphatic rings. The summed E-state index contributed by atoms with van der Waals surface area (Å²) in [5.74, 6) is 1.34. The number of nitrogens with zero attached hydrogens (tertiary/aromatic N) is 2. The minimum atomic E-state index is -0.0764. The number of hydrogen-bond acceptors (Lipinski definition) is 4. The van der Waals surface area contributed by atoms with Crippen molar-refractivity contribution in [1.29, 1.82) is 0 Å². The molecule has 0 bridgehead atoms. The highest BCUT2D eigenvalue weighted by Crippen LogP contribution is 2.20. The lowest BCUT2D eigenvalue weighted by molar-refractivity contribution is 0.341. The van der Waals surface area contributed by atoms with Gasteiger partial charge in [0.2, 0.25) is 11.8 Å². The van der Waals surface area contributed by atoms with E-state index in [1.54, 1.807) is 0 Å². The molecule has 0 saturated carbocycles. The first-order chi connectivity index (χ1) is 6.68. The first-order valence-electron chi connectivity index (χ1n) is 5.26. The van der Waals surface area contributed by atoms with E-state index >= 15 is 0 Å². The standard InChI is InChI=1S/C11H21N3O/c1-10(2,3)9-14-13-8(15-9)7-12-11(4,5)6/h12H,7H2,1-6H3. The van der Waals surface area contributed by atoms with E-state index in [4.69, 9.17) is 4.42 Å². The van der Waals surface area contributed by atoms with Gasteiger partial charge in [0.15, 0.2) is 0 Å². The van der Waals surface area contributed by atoms with Crippen molar-refractivity contribution in [2.75, 3.05) is 0 Å². The first-order valence-corrected chi connectivity index (χ1v) is 5.26. The number of aromatic nitrogens is 2. The molecule has 0 aliphatic carbocycles. The molecule has 0 amide bonds. The van der Waals surface area contributed by atoms with E-state index in [1.807, 2.05) is 0 Å². The molecule has 0 radical (unpaired) electrons. The molecule has 1 heterocycles. The van der Waals surface area contributed by atoms with Crippen LogP contribution in [0.25, 0.3) is 0 Å². The molecule has 0 fully saturated rings. The second-order valence-corrected chi connectivity index (χ2v) is 5.85. The highest BCUT2D eigenvalue weighted by atomic mass is 16.4. The molecule has 15 heavy (non-hydrogen) atoms. The molecular formula is C11H21N3O. The van der Waals surface area contributed by atoms with Gasteiger partial charge in [-0.1, -0.05) is 20.8 Å². The van der Waals surface area contributed by atoms with Crippen LogP contribution in [0.4, 0.5) is 0 Å². The normalized spacial score (nSPS) is 13.2. The molecule has 0 unspecified atom stereocenters. The van der Waals surface area contributed by atoms with Crippen LogP contribution in [-0.2, 0) is 12.0 Å². The van der Waals surface area contributed by atoms with Gasteiger partial charge in [-0.3, -0.25) is 0 Å². The summed E-state index contributed by atoms with van der Waals surface area (Å²) in [5, 5.41) is 11.3. The van der Waals surface area contributed by atoms with Gasteiger partial charge in [0.25, 0.3) is 0 Å². The fourth-order valence-corrected chi connectivity index (χ4v) is 0.969. The Balaban J connectivity index is 2.62. The van der Waals surface area contributed by atoms with Gasteiger partial charge in [-0.2, -0.15) is 0 Å². The van der Waals surface area contributed by atoms with E-state index in [9.17, 15) is 0 Å². The Morgan fingerprint density at radius 2 is 1.67 bits per heavy atom. The molecule has 1 rings (SSSR count). The Morgan fingerprint density at radius 3 is 2.07 bits per heavy atom. The van der Waals surface area contributed by atoms with Crippen molar-refractivity contribution >= 4 is 0 Å². The predicted octanol–water partition coefficient (Wildman–Crippen LogP) is 2.26. The van der Waals surface area contributed by atoms with E-state index in [0.717, 1.165) is 0 Å². The van der Waals surface area contributed by atoms with Gasteiger partial charge in [-0.05, 0) is 20.8 Å². The molecule has 0 spiro atoms. The van der Waals surface area contributed by atoms with Crippen molar-refractivity contribution in [3.8, 4) is 0 Å². The van der Waals surface area contributed by atoms with Gasteiger partial charge in [0.1, 0.15) is 0 Å². The van der Waals surface area contributed by atoms with Crippen LogP contribution >= 0.6 is 0 Å². The fraction of sp³-hybridized carbons (Fsp3) is 0.818. The third-order valence-corrected chi connectivity index (χ3v) is 1.88. The second-order valence-electron chi connectivity index (χ2n) is 5.85. The molecule has 86 valence electrons. The molecule has 4 nitrogen and oxygen atoms in total. The summed E-state index contributed by atoms with van der Waals surface area (Å²) in [5.41, 5.74) is -0.0106. The summed E-state index contributed by atoms with van der Waals surface area (Å²) in [7, 11) is 0. The lowest BCUT2D eigenvalue weighted by Gasteiger charge is -2.18. The number of hydrogen-bond donors (Lipinski definition) is 1. The third kappa shape index (κ3) is 4.00. The quantitative estimate of drug-likeness (QED) is 0.815. The van der Waals surface area contributed by atoms with E-state index in [2.05, 4.69) is 57.1 Å². The second kappa shape index (κ2) is 3.93. The Kier molecular flexibility index (Phi) is 3.19. The summed E-state index contributed by atoms with van der Waals surface area (Å²) in [6.07, 6.45) is 0. The van der Waals surface area contributed by atoms with Crippen LogP contribution < -0.4 is 5.32 Å². The zero-order valence-electron chi connectivity index (χ0n) is 10.5. The zero-order chi connectivity index (χ0) is 11.7. The maximum absolute atomic E-state index is 5.56. The molecule has 1 N–H and O–H groups in total. The van der Waals surface area contributed by atoms with Crippen LogP contribution in [0, 0.1) is 0 Å². The highest BCUT2D eigenvalue weighted by molar-refractivity contribution is 4.96. The zero-order valence-corrected chi connectivity index (χ0v) is 10.5. The predicted molar refractivity (Wildman–Crippen MR) is 59.6 cm³/mol. The van der Waals surface area contributed by atoms with Crippen molar-refractivity contribution < 1.29 is 4.42 Å². The molecule has 0 aromatic carbocycles. The van der Waals surface area contributed by atoms with E-state index in [0.29, 0.717) is 18.3 Å². The molecule has 1 aromatic rings. The Hall–Kier alpha value is -0.900. The molecule has 4 heteroatoms.